The second-order valence-corrected chi connectivity index (χ2v) is 6.06. The summed E-state index contributed by atoms with van der Waals surface area (Å²) in [7, 11) is 3.06. The third-order valence-electron chi connectivity index (χ3n) is 4.63. The molecule has 0 saturated carbocycles. The van der Waals surface area contributed by atoms with E-state index in [1.165, 1.54) is 14.2 Å². The SMILES string of the molecule is CCOC(=O)C1(C(=O)OCC)CCc2nc3cc(OC)c(OC)cc3nc21. The predicted octanol–water partition coefficient (Wildman–Crippen LogP) is 1.96. The van der Waals surface area contributed by atoms with Crippen molar-refractivity contribution in [3.05, 3.63) is 23.5 Å². The molecule has 3 rings (SSSR count). The molecule has 0 spiro atoms. The van der Waals surface area contributed by atoms with Crippen LogP contribution in [0.5, 0.6) is 11.5 Å². The summed E-state index contributed by atoms with van der Waals surface area (Å²) in [6.07, 6.45) is 0.634. The van der Waals surface area contributed by atoms with Crippen LogP contribution in [0, 0.1) is 0 Å². The summed E-state index contributed by atoms with van der Waals surface area (Å²) in [5.74, 6) is -0.304. The lowest BCUT2D eigenvalue weighted by molar-refractivity contribution is -0.165. The second-order valence-electron chi connectivity index (χ2n) is 6.06. The van der Waals surface area contributed by atoms with Gasteiger partial charge in [-0.15, -0.1) is 0 Å². The number of ether oxygens (including phenoxy) is 4. The largest absolute Gasteiger partial charge is 0.493 e. The molecule has 1 aliphatic carbocycles. The van der Waals surface area contributed by atoms with E-state index in [2.05, 4.69) is 9.97 Å². The van der Waals surface area contributed by atoms with Crippen molar-refractivity contribution in [1.29, 1.82) is 0 Å². The van der Waals surface area contributed by atoms with Gasteiger partial charge in [0.2, 0.25) is 5.41 Å². The number of fused-ring (bicyclic) bond motifs is 2. The molecule has 0 unspecified atom stereocenters. The molecule has 1 aromatic carbocycles. The molecule has 8 heteroatoms. The fraction of sp³-hybridized carbons (Fsp3) is 0.474. The molecular weight excluding hydrogens is 352 g/mol. The molecule has 144 valence electrons. The third-order valence-corrected chi connectivity index (χ3v) is 4.63. The van der Waals surface area contributed by atoms with E-state index in [1.54, 1.807) is 26.0 Å². The normalized spacial score (nSPS) is 14.5. The number of methoxy groups -OCH3 is 2. The molecule has 0 amide bonds. The van der Waals surface area contributed by atoms with E-state index in [0.717, 1.165) is 0 Å². The van der Waals surface area contributed by atoms with Crippen LogP contribution < -0.4 is 9.47 Å². The molecule has 1 heterocycles. The first-order chi connectivity index (χ1) is 13.0. The van der Waals surface area contributed by atoms with Crippen LogP contribution in [0.15, 0.2) is 12.1 Å². The second kappa shape index (κ2) is 7.38. The van der Waals surface area contributed by atoms with Crippen LogP contribution in [0.3, 0.4) is 0 Å². The minimum Gasteiger partial charge on any atom is -0.493 e. The molecule has 0 bridgehead atoms. The molecule has 27 heavy (non-hydrogen) atoms. The Bertz CT molecular complexity index is 877. The summed E-state index contributed by atoms with van der Waals surface area (Å²) in [5.41, 5.74) is 0.367. The Labute approximate surface area is 156 Å². The summed E-state index contributed by atoms with van der Waals surface area (Å²) >= 11 is 0. The highest BCUT2D eigenvalue weighted by Gasteiger charge is 2.56. The van der Waals surface area contributed by atoms with Crippen LogP contribution in [0.2, 0.25) is 0 Å². The van der Waals surface area contributed by atoms with Crippen molar-refractivity contribution in [2.45, 2.75) is 32.1 Å². The Hall–Kier alpha value is -2.90. The lowest BCUT2D eigenvalue weighted by atomic mass is 9.85. The third kappa shape index (κ3) is 2.94. The van der Waals surface area contributed by atoms with Gasteiger partial charge >= 0.3 is 11.9 Å². The van der Waals surface area contributed by atoms with Gasteiger partial charge in [-0.25, -0.2) is 9.97 Å². The Balaban J connectivity index is 2.21. The van der Waals surface area contributed by atoms with Crippen molar-refractivity contribution in [1.82, 2.24) is 9.97 Å². The van der Waals surface area contributed by atoms with Crippen molar-refractivity contribution in [2.75, 3.05) is 27.4 Å². The number of hydrogen-bond acceptors (Lipinski definition) is 8. The average molecular weight is 374 g/mol. The molecular formula is C19H22N2O6. The molecule has 1 aromatic heterocycles. The van der Waals surface area contributed by atoms with Crippen molar-refractivity contribution in [3.8, 4) is 11.5 Å². The number of carbonyl (C=O) groups excluding carboxylic acids is 2. The molecule has 0 radical (unpaired) electrons. The quantitative estimate of drug-likeness (QED) is 0.559. The highest BCUT2D eigenvalue weighted by Crippen LogP contribution is 2.41. The predicted molar refractivity (Wildman–Crippen MR) is 95.9 cm³/mol. The number of benzene rings is 1. The van der Waals surface area contributed by atoms with Crippen molar-refractivity contribution < 1.29 is 28.5 Å². The van der Waals surface area contributed by atoms with E-state index in [0.29, 0.717) is 40.3 Å². The monoisotopic (exact) mass is 374 g/mol. The van der Waals surface area contributed by atoms with Crippen molar-refractivity contribution in [2.24, 2.45) is 0 Å². The number of aryl methyl sites for hydroxylation is 1. The average Bonchev–Trinajstić information content (AvgIpc) is 3.04. The molecule has 0 fully saturated rings. The number of nitrogens with zero attached hydrogens (tertiary/aromatic N) is 2. The van der Waals surface area contributed by atoms with Gasteiger partial charge in [-0.05, 0) is 26.7 Å². The highest BCUT2D eigenvalue weighted by molar-refractivity contribution is 6.07. The fourth-order valence-corrected chi connectivity index (χ4v) is 3.35. The molecule has 8 nitrogen and oxygen atoms in total. The maximum atomic E-state index is 12.8. The summed E-state index contributed by atoms with van der Waals surface area (Å²) in [4.78, 5) is 34.7. The van der Waals surface area contributed by atoms with E-state index in [9.17, 15) is 9.59 Å². The smallest absolute Gasteiger partial charge is 0.329 e. The summed E-state index contributed by atoms with van der Waals surface area (Å²) in [5, 5.41) is 0. The van der Waals surface area contributed by atoms with Crippen LogP contribution in [-0.2, 0) is 30.9 Å². The minimum atomic E-state index is -1.59. The van der Waals surface area contributed by atoms with Crippen LogP contribution >= 0.6 is 0 Å². The van der Waals surface area contributed by atoms with Gasteiger partial charge in [-0.2, -0.15) is 0 Å². The maximum absolute atomic E-state index is 12.8. The standard InChI is InChI=1S/C19H22N2O6/c1-5-26-17(22)19(18(23)27-6-2)8-7-11-16(19)21-13-10-15(25-4)14(24-3)9-12(13)20-11/h9-10H,5-8H2,1-4H3. The van der Waals surface area contributed by atoms with E-state index in [-0.39, 0.29) is 19.6 Å². The van der Waals surface area contributed by atoms with E-state index in [1.807, 2.05) is 0 Å². The van der Waals surface area contributed by atoms with Crippen LogP contribution in [0.25, 0.3) is 11.0 Å². The summed E-state index contributed by atoms with van der Waals surface area (Å²) in [6, 6.07) is 3.39. The van der Waals surface area contributed by atoms with Crippen LogP contribution in [0.4, 0.5) is 0 Å². The zero-order chi connectivity index (χ0) is 19.6. The van der Waals surface area contributed by atoms with Crippen LogP contribution in [-0.4, -0.2) is 49.3 Å². The van der Waals surface area contributed by atoms with Gasteiger partial charge in [-0.3, -0.25) is 9.59 Å². The lowest BCUT2D eigenvalue weighted by Crippen LogP contribution is -2.45. The number of aromatic nitrogens is 2. The number of carbonyl (C=O) groups is 2. The Morgan fingerprint density at radius 1 is 0.963 bits per heavy atom. The lowest BCUT2D eigenvalue weighted by Gasteiger charge is -2.24. The van der Waals surface area contributed by atoms with Gasteiger partial charge in [0, 0.05) is 12.1 Å². The summed E-state index contributed by atoms with van der Waals surface area (Å²) in [6.45, 7) is 3.69. The summed E-state index contributed by atoms with van der Waals surface area (Å²) < 4.78 is 21.0. The van der Waals surface area contributed by atoms with E-state index >= 15 is 0 Å². The van der Waals surface area contributed by atoms with Gasteiger partial charge in [-0.1, -0.05) is 0 Å². The molecule has 2 aromatic rings. The van der Waals surface area contributed by atoms with E-state index in [4.69, 9.17) is 18.9 Å². The van der Waals surface area contributed by atoms with E-state index < -0.39 is 17.4 Å². The number of esters is 2. The first kappa shape index (κ1) is 18.9. The first-order valence-corrected chi connectivity index (χ1v) is 8.79. The van der Waals surface area contributed by atoms with Crippen molar-refractivity contribution >= 4 is 23.0 Å². The number of rotatable bonds is 6. The van der Waals surface area contributed by atoms with Gasteiger partial charge in [0.05, 0.1) is 49.9 Å². The van der Waals surface area contributed by atoms with Gasteiger partial charge in [0.15, 0.2) is 11.5 Å². The van der Waals surface area contributed by atoms with Gasteiger partial charge < -0.3 is 18.9 Å². The highest BCUT2D eigenvalue weighted by atomic mass is 16.6. The van der Waals surface area contributed by atoms with Crippen LogP contribution in [0.1, 0.15) is 31.7 Å². The fourth-order valence-electron chi connectivity index (χ4n) is 3.35. The zero-order valence-electron chi connectivity index (χ0n) is 15.8. The first-order valence-electron chi connectivity index (χ1n) is 8.79. The zero-order valence-corrected chi connectivity index (χ0v) is 15.8. The molecule has 0 aliphatic heterocycles. The molecule has 0 N–H and O–H groups in total. The molecule has 1 aliphatic rings. The Kier molecular flexibility index (Phi) is 5.16. The minimum absolute atomic E-state index is 0.154. The topological polar surface area (TPSA) is 96.8 Å². The maximum Gasteiger partial charge on any atom is 0.329 e. The Morgan fingerprint density at radius 2 is 1.48 bits per heavy atom. The van der Waals surface area contributed by atoms with Gasteiger partial charge in [0.1, 0.15) is 0 Å². The molecule has 0 atom stereocenters. The Morgan fingerprint density at radius 3 is 1.96 bits per heavy atom. The van der Waals surface area contributed by atoms with Gasteiger partial charge in [0.25, 0.3) is 0 Å². The number of hydrogen-bond donors (Lipinski definition) is 0. The van der Waals surface area contributed by atoms with Crippen molar-refractivity contribution in [3.63, 3.8) is 0 Å². The molecule has 0 saturated heterocycles.